The second-order valence-electron chi connectivity index (χ2n) is 4.92. The van der Waals surface area contributed by atoms with Crippen molar-refractivity contribution in [3.63, 3.8) is 0 Å². The molecule has 0 spiro atoms. The van der Waals surface area contributed by atoms with E-state index in [2.05, 4.69) is 0 Å². The molecule has 1 aliphatic rings. The molecule has 0 saturated carbocycles. The smallest absolute Gasteiger partial charge is 0.410 e. The summed E-state index contributed by atoms with van der Waals surface area (Å²) in [5, 5.41) is 9.39. The number of aliphatic hydroxyl groups excluding tert-OH is 1. The maximum absolute atomic E-state index is 11.7. The van der Waals surface area contributed by atoms with E-state index in [9.17, 15) is 9.90 Å². The lowest BCUT2D eigenvalue weighted by Crippen LogP contribution is -2.41. The Balaban J connectivity index is 2.57. The molecule has 0 radical (unpaired) electrons. The van der Waals surface area contributed by atoms with Gasteiger partial charge in [0.15, 0.2) is 0 Å². The molecule has 1 atom stereocenters. The van der Waals surface area contributed by atoms with Crippen molar-refractivity contribution in [2.24, 2.45) is 5.92 Å². The molecule has 0 bridgehead atoms. The quantitative estimate of drug-likeness (QED) is 0.671. The van der Waals surface area contributed by atoms with Crippen LogP contribution in [0.3, 0.4) is 0 Å². The van der Waals surface area contributed by atoms with Crippen LogP contribution in [0.1, 0.15) is 27.7 Å². The first-order chi connectivity index (χ1) is 6.79. The molecule has 15 heavy (non-hydrogen) atoms. The van der Waals surface area contributed by atoms with Crippen LogP contribution < -0.4 is 0 Å². The highest BCUT2D eigenvalue weighted by atomic mass is 16.6. The molecule has 4 nitrogen and oxygen atoms in total. The van der Waals surface area contributed by atoms with Gasteiger partial charge >= 0.3 is 6.09 Å². The Morgan fingerprint density at radius 3 is 2.67 bits per heavy atom. The van der Waals surface area contributed by atoms with E-state index in [0.29, 0.717) is 18.8 Å². The third kappa shape index (κ3) is 3.46. The van der Waals surface area contributed by atoms with E-state index in [4.69, 9.17) is 4.74 Å². The van der Waals surface area contributed by atoms with Crippen LogP contribution in [0.4, 0.5) is 4.79 Å². The van der Waals surface area contributed by atoms with E-state index in [1.165, 1.54) is 0 Å². The normalized spacial score (nSPS) is 22.3. The second kappa shape index (κ2) is 4.13. The Labute approximate surface area is 90.5 Å². The molecular weight excluding hydrogens is 194 g/mol. The summed E-state index contributed by atoms with van der Waals surface area (Å²) >= 11 is 0. The Kier molecular flexibility index (Phi) is 3.27. The molecule has 0 aromatic heterocycles. The molecular formula is C11H19NO3. The van der Waals surface area contributed by atoms with Crippen LogP contribution in [-0.4, -0.2) is 34.8 Å². The second-order valence-corrected chi connectivity index (χ2v) is 4.92. The van der Waals surface area contributed by atoms with Crippen molar-refractivity contribution in [1.29, 1.82) is 0 Å². The molecule has 1 unspecified atom stereocenters. The lowest BCUT2D eigenvalue weighted by Gasteiger charge is -2.31. The molecule has 1 rings (SSSR count). The third-order valence-electron chi connectivity index (χ3n) is 2.17. The summed E-state index contributed by atoms with van der Waals surface area (Å²) in [5.41, 5.74) is -0.469. The fourth-order valence-electron chi connectivity index (χ4n) is 1.38. The molecule has 4 heteroatoms. The Morgan fingerprint density at radius 2 is 2.20 bits per heavy atom. The number of amides is 1. The largest absolute Gasteiger partial charge is 0.512 e. The van der Waals surface area contributed by atoms with Gasteiger partial charge in [-0.15, -0.1) is 0 Å². The first-order valence-corrected chi connectivity index (χ1v) is 5.16. The van der Waals surface area contributed by atoms with Gasteiger partial charge in [0.1, 0.15) is 5.60 Å². The van der Waals surface area contributed by atoms with Gasteiger partial charge in [0.05, 0.1) is 5.76 Å². The summed E-state index contributed by atoms with van der Waals surface area (Å²) < 4.78 is 5.24. The topological polar surface area (TPSA) is 49.8 Å². The summed E-state index contributed by atoms with van der Waals surface area (Å²) in [4.78, 5) is 13.3. The summed E-state index contributed by atoms with van der Waals surface area (Å²) in [6.07, 6.45) is 1.33. The fraction of sp³-hybridized carbons (Fsp3) is 0.727. The molecule has 1 amide bonds. The molecule has 0 fully saturated rings. The van der Waals surface area contributed by atoms with Gasteiger partial charge in [-0.3, -0.25) is 0 Å². The van der Waals surface area contributed by atoms with E-state index < -0.39 is 5.60 Å². The summed E-state index contributed by atoms with van der Waals surface area (Å²) in [6.45, 7) is 8.33. The zero-order valence-electron chi connectivity index (χ0n) is 9.78. The van der Waals surface area contributed by atoms with Crippen molar-refractivity contribution in [2.45, 2.75) is 33.3 Å². The van der Waals surface area contributed by atoms with E-state index in [0.717, 1.165) is 0 Å². The number of hydrogen-bond donors (Lipinski definition) is 1. The Hall–Kier alpha value is -1.19. The van der Waals surface area contributed by atoms with Gasteiger partial charge in [-0.05, 0) is 26.8 Å². The van der Waals surface area contributed by atoms with Crippen molar-refractivity contribution in [3.05, 3.63) is 11.8 Å². The molecule has 0 saturated heterocycles. The number of hydrogen-bond acceptors (Lipinski definition) is 3. The predicted molar refractivity (Wildman–Crippen MR) is 57.7 cm³/mol. The van der Waals surface area contributed by atoms with Gasteiger partial charge in [-0.1, -0.05) is 6.92 Å². The number of rotatable bonds is 0. The third-order valence-corrected chi connectivity index (χ3v) is 2.17. The van der Waals surface area contributed by atoms with E-state index >= 15 is 0 Å². The first kappa shape index (κ1) is 11.9. The highest BCUT2D eigenvalue weighted by molar-refractivity contribution is 5.68. The van der Waals surface area contributed by atoms with Crippen molar-refractivity contribution >= 4 is 6.09 Å². The van der Waals surface area contributed by atoms with Crippen LogP contribution in [0.15, 0.2) is 11.8 Å². The van der Waals surface area contributed by atoms with Crippen LogP contribution in [0.2, 0.25) is 0 Å². The number of aliphatic hydroxyl groups is 1. The highest BCUT2D eigenvalue weighted by Gasteiger charge is 2.26. The van der Waals surface area contributed by atoms with Crippen molar-refractivity contribution in [3.8, 4) is 0 Å². The average Bonchev–Trinajstić information content (AvgIpc) is 2.06. The number of carbonyl (C=O) groups excluding carboxylic acids is 1. The minimum absolute atomic E-state index is 0.00808. The molecule has 0 aromatic carbocycles. The molecule has 1 N–H and O–H groups in total. The van der Waals surface area contributed by atoms with Gasteiger partial charge in [-0.2, -0.15) is 0 Å². The minimum atomic E-state index is -0.469. The van der Waals surface area contributed by atoms with E-state index in [1.807, 2.05) is 27.7 Å². The van der Waals surface area contributed by atoms with Gasteiger partial charge in [0, 0.05) is 19.0 Å². The van der Waals surface area contributed by atoms with Gasteiger partial charge in [0.2, 0.25) is 0 Å². The number of carbonyl (C=O) groups is 1. The summed E-state index contributed by atoms with van der Waals surface area (Å²) in [7, 11) is 0. The maximum atomic E-state index is 11.7. The van der Waals surface area contributed by atoms with Crippen LogP contribution in [0, 0.1) is 5.92 Å². The zero-order valence-corrected chi connectivity index (χ0v) is 9.78. The minimum Gasteiger partial charge on any atom is -0.512 e. The average molecular weight is 213 g/mol. The van der Waals surface area contributed by atoms with Crippen LogP contribution in [-0.2, 0) is 4.74 Å². The van der Waals surface area contributed by atoms with Gasteiger partial charge < -0.3 is 14.7 Å². The molecule has 0 aliphatic carbocycles. The molecule has 0 aromatic rings. The van der Waals surface area contributed by atoms with Crippen LogP contribution in [0.5, 0.6) is 0 Å². The lowest BCUT2D eigenvalue weighted by molar-refractivity contribution is 0.0229. The highest BCUT2D eigenvalue weighted by Crippen LogP contribution is 2.17. The first-order valence-electron chi connectivity index (χ1n) is 5.16. The number of ether oxygens (including phenoxy) is 1. The van der Waals surface area contributed by atoms with Gasteiger partial charge in [0.25, 0.3) is 0 Å². The maximum Gasteiger partial charge on any atom is 0.410 e. The predicted octanol–water partition coefficient (Wildman–Crippen LogP) is 2.32. The molecule has 86 valence electrons. The van der Waals surface area contributed by atoms with E-state index in [-0.39, 0.29) is 12.0 Å². The lowest BCUT2D eigenvalue weighted by atomic mass is 10.1. The molecule has 1 heterocycles. The Bertz CT molecular complexity index is 278. The molecule has 1 aliphatic heterocycles. The number of nitrogens with zero attached hydrogens (tertiary/aromatic N) is 1. The van der Waals surface area contributed by atoms with Crippen LogP contribution >= 0.6 is 0 Å². The van der Waals surface area contributed by atoms with Gasteiger partial charge in [-0.25, -0.2) is 4.79 Å². The van der Waals surface area contributed by atoms with Crippen LogP contribution in [0.25, 0.3) is 0 Å². The van der Waals surface area contributed by atoms with Crippen molar-refractivity contribution < 1.29 is 14.6 Å². The summed E-state index contributed by atoms with van der Waals surface area (Å²) in [5.74, 6) is 0.348. The zero-order chi connectivity index (χ0) is 11.6. The SMILES string of the molecule is CC1CN(C(=O)OC(C)(C)C)CC=C1O. The summed E-state index contributed by atoms with van der Waals surface area (Å²) in [6, 6.07) is 0. The fourth-order valence-corrected chi connectivity index (χ4v) is 1.38. The Morgan fingerprint density at radius 1 is 1.60 bits per heavy atom. The van der Waals surface area contributed by atoms with E-state index in [1.54, 1.807) is 11.0 Å². The monoisotopic (exact) mass is 213 g/mol. The standard InChI is InChI=1S/C11H19NO3/c1-8-7-12(6-5-9(8)13)10(14)15-11(2,3)4/h5,8,13H,6-7H2,1-4H3. The van der Waals surface area contributed by atoms with Crippen molar-refractivity contribution in [1.82, 2.24) is 4.90 Å². The van der Waals surface area contributed by atoms with Crippen molar-refractivity contribution in [2.75, 3.05) is 13.1 Å².